The zero-order valence-electron chi connectivity index (χ0n) is 17.3. The highest BCUT2D eigenvalue weighted by molar-refractivity contribution is 6.01. The molecule has 0 spiro atoms. The lowest BCUT2D eigenvalue weighted by molar-refractivity contribution is 0.100. The number of nitrogens with one attached hydrogen (secondary N) is 1. The predicted molar refractivity (Wildman–Crippen MR) is 113 cm³/mol. The molecule has 2 unspecified atom stereocenters. The van der Waals surface area contributed by atoms with E-state index in [4.69, 9.17) is 9.47 Å². The van der Waals surface area contributed by atoms with Gasteiger partial charge in [0.05, 0.1) is 0 Å². The lowest BCUT2D eigenvalue weighted by Gasteiger charge is -2.25. The van der Waals surface area contributed by atoms with E-state index in [0.29, 0.717) is 24.1 Å². The second-order valence-electron chi connectivity index (χ2n) is 8.62. The van der Waals surface area contributed by atoms with Gasteiger partial charge in [-0.1, -0.05) is 12.1 Å². The van der Waals surface area contributed by atoms with Gasteiger partial charge in [-0.2, -0.15) is 0 Å². The van der Waals surface area contributed by atoms with E-state index >= 15 is 0 Å². The molecule has 0 saturated carbocycles. The van der Waals surface area contributed by atoms with E-state index in [1.54, 1.807) is 12.1 Å². The number of carbonyl (C=O) groups is 1. The van der Waals surface area contributed by atoms with Gasteiger partial charge in [0.2, 0.25) is 12.6 Å². The second-order valence-corrected chi connectivity index (χ2v) is 8.62. The number of fused-ring (bicyclic) bond motifs is 3. The van der Waals surface area contributed by atoms with Crippen LogP contribution in [-0.4, -0.2) is 45.5 Å². The van der Waals surface area contributed by atoms with Gasteiger partial charge in [-0.05, 0) is 47.7 Å². The van der Waals surface area contributed by atoms with E-state index in [1.165, 1.54) is 17.7 Å². The molecule has 1 fully saturated rings. The van der Waals surface area contributed by atoms with Crippen LogP contribution in [-0.2, 0) is 19.5 Å². The topological polar surface area (TPSA) is 81.5 Å². The average Bonchev–Trinajstić information content (AvgIpc) is 3.49. The maximum absolute atomic E-state index is 13.4. The predicted octanol–water partition coefficient (Wildman–Crippen LogP) is 2.70. The zero-order valence-corrected chi connectivity index (χ0v) is 17.3. The summed E-state index contributed by atoms with van der Waals surface area (Å²) in [6.45, 7) is 3.76. The first-order valence-corrected chi connectivity index (χ1v) is 10.7. The molecule has 6 rings (SSSR count). The Labute approximate surface area is 184 Å². The molecule has 2 atom stereocenters. The largest absolute Gasteiger partial charge is 0.454 e. The van der Waals surface area contributed by atoms with Gasteiger partial charge in [-0.3, -0.25) is 9.69 Å². The molecule has 0 aliphatic carbocycles. The van der Waals surface area contributed by atoms with Crippen LogP contribution in [0.1, 0.15) is 22.0 Å². The normalized spacial score (nSPS) is 21.3. The molecule has 8 nitrogen and oxygen atoms in total. The fourth-order valence-corrected chi connectivity index (χ4v) is 4.97. The third-order valence-electron chi connectivity index (χ3n) is 6.47. The fourth-order valence-electron chi connectivity index (χ4n) is 4.97. The number of hydrogen-bond donors (Lipinski definition) is 1. The molecule has 1 N–H and O–H groups in total. The number of anilines is 1. The Kier molecular flexibility index (Phi) is 4.57. The molecular weight excluding hydrogens is 413 g/mol. The van der Waals surface area contributed by atoms with Crippen molar-refractivity contribution in [2.75, 3.05) is 25.2 Å². The molecule has 164 valence electrons. The Hall–Kier alpha value is -3.46. The Morgan fingerprint density at radius 3 is 2.84 bits per heavy atom. The SMILES string of the molecule is O=C(Nc1cccc(F)c1)c1nnc2n1CC1CN(Cc3ccc4c(c3)OCO4)CC1C2. The first kappa shape index (κ1) is 19.2. The molecule has 0 radical (unpaired) electrons. The first-order chi connectivity index (χ1) is 15.6. The van der Waals surface area contributed by atoms with Gasteiger partial charge in [0.1, 0.15) is 11.6 Å². The highest BCUT2D eigenvalue weighted by Gasteiger charge is 2.39. The molecule has 4 heterocycles. The average molecular weight is 435 g/mol. The van der Waals surface area contributed by atoms with Gasteiger partial charge in [0, 0.05) is 38.3 Å². The Balaban J connectivity index is 1.14. The van der Waals surface area contributed by atoms with Crippen LogP contribution in [0.25, 0.3) is 0 Å². The van der Waals surface area contributed by atoms with Crippen LogP contribution in [0.5, 0.6) is 11.5 Å². The fraction of sp³-hybridized carbons (Fsp3) is 0.348. The smallest absolute Gasteiger partial charge is 0.293 e. The van der Waals surface area contributed by atoms with Crippen molar-refractivity contribution in [2.45, 2.75) is 19.5 Å². The summed E-state index contributed by atoms with van der Waals surface area (Å²) in [6.07, 6.45) is 0.794. The lowest BCUT2D eigenvalue weighted by Crippen LogP contribution is -2.31. The molecule has 1 amide bonds. The van der Waals surface area contributed by atoms with Crippen LogP contribution in [0.3, 0.4) is 0 Å². The Morgan fingerprint density at radius 2 is 1.94 bits per heavy atom. The molecule has 3 aliphatic rings. The van der Waals surface area contributed by atoms with E-state index < -0.39 is 5.82 Å². The molecule has 32 heavy (non-hydrogen) atoms. The zero-order chi connectivity index (χ0) is 21.7. The van der Waals surface area contributed by atoms with Gasteiger partial charge in [-0.15, -0.1) is 10.2 Å². The number of nitrogens with zero attached hydrogens (tertiary/aromatic N) is 4. The number of benzene rings is 2. The molecule has 3 aliphatic heterocycles. The van der Waals surface area contributed by atoms with Crippen molar-refractivity contribution in [2.24, 2.45) is 11.8 Å². The summed E-state index contributed by atoms with van der Waals surface area (Å²) in [5.74, 6) is 2.85. The van der Waals surface area contributed by atoms with E-state index in [-0.39, 0.29) is 18.5 Å². The van der Waals surface area contributed by atoms with Crippen molar-refractivity contribution >= 4 is 11.6 Å². The molecular formula is C23H22FN5O3. The molecule has 0 bridgehead atoms. The third kappa shape index (κ3) is 3.48. The number of ether oxygens (including phenoxy) is 2. The molecule has 1 saturated heterocycles. The number of halogens is 1. The summed E-state index contributed by atoms with van der Waals surface area (Å²) in [6, 6.07) is 11.9. The number of likely N-dealkylation sites (tertiary alicyclic amines) is 1. The van der Waals surface area contributed by atoms with Crippen LogP contribution < -0.4 is 14.8 Å². The van der Waals surface area contributed by atoms with Gasteiger partial charge < -0.3 is 19.4 Å². The quantitative estimate of drug-likeness (QED) is 0.679. The highest BCUT2D eigenvalue weighted by Crippen LogP contribution is 2.36. The van der Waals surface area contributed by atoms with Crippen molar-refractivity contribution in [1.29, 1.82) is 0 Å². The monoisotopic (exact) mass is 435 g/mol. The minimum atomic E-state index is -0.401. The Bertz CT molecular complexity index is 1200. The highest BCUT2D eigenvalue weighted by atomic mass is 19.1. The van der Waals surface area contributed by atoms with Crippen molar-refractivity contribution < 1.29 is 18.7 Å². The van der Waals surface area contributed by atoms with Crippen molar-refractivity contribution in [3.63, 3.8) is 0 Å². The van der Waals surface area contributed by atoms with Gasteiger partial charge >= 0.3 is 0 Å². The molecule has 9 heteroatoms. The van der Waals surface area contributed by atoms with Gasteiger partial charge in [0.25, 0.3) is 5.91 Å². The standard InChI is InChI=1S/C23H22FN5O3/c24-17-2-1-3-18(8-17)25-23(30)22-27-26-21-7-15-10-28(11-16(15)12-29(21)22)9-14-4-5-19-20(6-14)32-13-31-19/h1-6,8,15-16H,7,9-13H2,(H,25,30). The third-order valence-corrected chi connectivity index (χ3v) is 6.47. The summed E-state index contributed by atoms with van der Waals surface area (Å²) in [4.78, 5) is 15.2. The van der Waals surface area contributed by atoms with Gasteiger partial charge in [-0.25, -0.2) is 4.39 Å². The molecule has 2 aromatic carbocycles. The van der Waals surface area contributed by atoms with Gasteiger partial charge in [0.15, 0.2) is 11.5 Å². The minimum Gasteiger partial charge on any atom is -0.454 e. The van der Waals surface area contributed by atoms with E-state index in [9.17, 15) is 9.18 Å². The summed E-state index contributed by atoms with van der Waals surface area (Å²) in [5, 5.41) is 11.1. The first-order valence-electron chi connectivity index (χ1n) is 10.7. The van der Waals surface area contributed by atoms with Crippen molar-refractivity contribution in [1.82, 2.24) is 19.7 Å². The molecule has 1 aromatic heterocycles. The van der Waals surface area contributed by atoms with Crippen LogP contribution in [0, 0.1) is 17.7 Å². The van der Waals surface area contributed by atoms with Crippen LogP contribution in [0.4, 0.5) is 10.1 Å². The number of hydrogen-bond acceptors (Lipinski definition) is 6. The number of carbonyl (C=O) groups excluding carboxylic acids is 1. The molecule has 3 aromatic rings. The second kappa shape index (κ2) is 7.59. The summed E-state index contributed by atoms with van der Waals surface area (Å²) in [5.41, 5.74) is 1.60. The van der Waals surface area contributed by atoms with Crippen LogP contribution in [0.2, 0.25) is 0 Å². The number of rotatable bonds is 4. The van der Waals surface area contributed by atoms with Crippen LogP contribution >= 0.6 is 0 Å². The maximum Gasteiger partial charge on any atom is 0.293 e. The van der Waals surface area contributed by atoms with Crippen molar-refractivity contribution in [3.8, 4) is 11.5 Å². The lowest BCUT2D eigenvalue weighted by atomic mass is 9.89. The van der Waals surface area contributed by atoms with Crippen LogP contribution in [0.15, 0.2) is 42.5 Å². The summed E-state index contributed by atoms with van der Waals surface area (Å²) < 4.78 is 26.2. The van der Waals surface area contributed by atoms with E-state index in [0.717, 1.165) is 43.4 Å². The number of amides is 1. The van der Waals surface area contributed by atoms with Crippen molar-refractivity contribution in [3.05, 3.63) is 65.5 Å². The number of aromatic nitrogens is 3. The summed E-state index contributed by atoms with van der Waals surface area (Å²) >= 11 is 0. The van der Waals surface area contributed by atoms with E-state index in [1.807, 2.05) is 16.7 Å². The Morgan fingerprint density at radius 1 is 1.06 bits per heavy atom. The minimum absolute atomic E-state index is 0.275. The van der Waals surface area contributed by atoms with E-state index in [2.05, 4.69) is 26.5 Å². The summed E-state index contributed by atoms with van der Waals surface area (Å²) in [7, 11) is 0. The maximum atomic E-state index is 13.4.